The van der Waals surface area contributed by atoms with Crippen LogP contribution >= 0.6 is 34.4 Å². The van der Waals surface area contributed by atoms with E-state index in [1.165, 1.54) is 11.8 Å². The molecule has 0 saturated carbocycles. The van der Waals surface area contributed by atoms with Gasteiger partial charge in [0.25, 0.3) is 5.56 Å². The Bertz CT molecular complexity index is 2180. The molecule has 7 rings (SSSR count). The second-order valence-electron chi connectivity index (χ2n) is 10.2. The lowest BCUT2D eigenvalue weighted by molar-refractivity contribution is 0.814. The lowest BCUT2D eigenvalue weighted by Gasteiger charge is -2.16. The van der Waals surface area contributed by atoms with Gasteiger partial charge in [0.1, 0.15) is 14.7 Å². The molecule has 0 radical (unpaired) electrons. The number of nitrogens with zero attached hydrogens (tertiary/aromatic N) is 5. The molecule has 0 saturated heterocycles. The molecule has 0 N–H and O–H groups in total. The van der Waals surface area contributed by atoms with E-state index in [-0.39, 0.29) is 5.56 Å². The Hall–Kier alpha value is -4.18. The van der Waals surface area contributed by atoms with Gasteiger partial charge in [0.2, 0.25) is 0 Å². The third-order valence-corrected chi connectivity index (χ3v) is 10.3. The van der Waals surface area contributed by atoms with Crippen LogP contribution in [-0.2, 0) is 0 Å². The van der Waals surface area contributed by atoms with Gasteiger partial charge in [-0.3, -0.25) is 14.3 Å². The first-order chi connectivity index (χ1) is 20.4. The summed E-state index contributed by atoms with van der Waals surface area (Å²) >= 11 is 4.56. The molecule has 0 bridgehead atoms. The van der Waals surface area contributed by atoms with Crippen LogP contribution in [-0.4, -0.2) is 24.5 Å². The lowest BCUT2D eigenvalue weighted by Crippen LogP contribution is -2.22. The molecule has 0 amide bonds. The van der Waals surface area contributed by atoms with Gasteiger partial charge in [0.05, 0.1) is 16.5 Å². The zero-order valence-corrected chi connectivity index (χ0v) is 25.8. The molecule has 0 spiro atoms. The monoisotopic (exact) mass is 603 g/mol. The van der Waals surface area contributed by atoms with E-state index in [1.807, 2.05) is 58.0 Å². The highest BCUT2D eigenvalue weighted by molar-refractivity contribution is 7.99. The predicted molar refractivity (Wildman–Crippen MR) is 174 cm³/mol. The zero-order chi connectivity index (χ0) is 29.0. The smallest absolute Gasteiger partial charge is 0.267 e. The van der Waals surface area contributed by atoms with Crippen LogP contribution in [0.4, 0.5) is 0 Å². The van der Waals surface area contributed by atoms with E-state index >= 15 is 0 Å². The molecule has 7 aromatic rings. The predicted octanol–water partition coefficient (Wildman–Crippen LogP) is 8.57. The van der Waals surface area contributed by atoms with Crippen LogP contribution in [0.3, 0.4) is 0 Å². The minimum atomic E-state index is -0.0653. The van der Waals surface area contributed by atoms with E-state index in [2.05, 4.69) is 40.7 Å². The number of benzene rings is 2. The van der Waals surface area contributed by atoms with Crippen molar-refractivity contribution >= 4 is 54.9 Å². The maximum atomic E-state index is 14.3. The Morgan fingerprint density at radius 3 is 2.43 bits per heavy atom. The van der Waals surface area contributed by atoms with Crippen molar-refractivity contribution in [3.8, 4) is 28.2 Å². The fourth-order valence-electron chi connectivity index (χ4n) is 5.04. The summed E-state index contributed by atoms with van der Waals surface area (Å²) in [6, 6.07) is 20.3. The number of pyridine rings is 1. The number of aromatic nitrogens is 5. The summed E-state index contributed by atoms with van der Waals surface area (Å²) < 4.78 is 1.76. The molecule has 0 fully saturated rings. The summed E-state index contributed by atoms with van der Waals surface area (Å²) in [5.74, 6) is 0.587. The number of hydrogen-bond acceptors (Lipinski definition) is 8. The Morgan fingerprint density at radius 2 is 1.64 bits per heavy atom. The number of thiophene rings is 2. The summed E-state index contributed by atoms with van der Waals surface area (Å²) in [4.78, 5) is 36.5. The van der Waals surface area contributed by atoms with Gasteiger partial charge in [-0.1, -0.05) is 42.5 Å². The van der Waals surface area contributed by atoms with Crippen molar-refractivity contribution in [1.82, 2.24) is 24.5 Å². The number of rotatable bonds is 5. The summed E-state index contributed by atoms with van der Waals surface area (Å²) in [6.07, 6.45) is 3.51. The van der Waals surface area contributed by atoms with Gasteiger partial charge in [0.15, 0.2) is 11.0 Å². The molecule has 5 aromatic heterocycles. The van der Waals surface area contributed by atoms with Gasteiger partial charge in [-0.2, -0.15) is 0 Å². The van der Waals surface area contributed by atoms with Crippen molar-refractivity contribution < 1.29 is 0 Å². The first-order valence-electron chi connectivity index (χ1n) is 13.4. The average Bonchev–Trinajstić information content (AvgIpc) is 3.56. The summed E-state index contributed by atoms with van der Waals surface area (Å²) in [5, 5.41) is 5.07. The second-order valence-corrected chi connectivity index (χ2v) is 13.2. The quantitative estimate of drug-likeness (QED) is 0.145. The molecule has 0 aliphatic rings. The third-order valence-electron chi connectivity index (χ3n) is 7.37. The van der Waals surface area contributed by atoms with Crippen molar-refractivity contribution in [3.63, 3.8) is 0 Å². The molecule has 2 aromatic carbocycles. The van der Waals surface area contributed by atoms with Crippen LogP contribution in [0.2, 0.25) is 0 Å². The molecule has 0 aliphatic carbocycles. The Morgan fingerprint density at radius 1 is 0.833 bits per heavy atom. The summed E-state index contributed by atoms with van der Waals surface area (Å²) in [5.41, 5.74) is 6.79. The van der Waals surface area contributed by atoms with Crippen LogP contribution in [0.25, 0.3) is 48.6 Å². The molecule has 0 aliphatic heterocycles. The fourth-order valence-corrected chi connectivity index (χ4v) is 8.15. The molecule has 0 unspecified atom stereocenters. The van der Waals surface area contributed by atoms with Crippen molar-refractivity contribution in [2.24, 2.45) is 0 Å². The SMILES string of the molecule is Cc1ccc(C)c(-n2c(Sc3nc(-c4cccnc4)nc4scc(-c5ccccc5)c34)nc3sc(C)c(C)c3c2=O)c1. The second kappa shape index (κ2) is 10.6. The molecule has 6 nitrogen and oxygen atoms in total. The van der Waals surface area contributed by atoms with Gasteiger partial charge in [-0.05, 0) is 79.9 Å². The molecule has 42 heavy (non-hydrogen) atoms. The van der Waals surface area contributed by atoms with Crippen molar-refractivity contribution in [3.05, 3.63) is 110 Å². The standard InChI is InChI=1S/C33H25N5OS3/c1-18-12-13-19(2)25(15-18)38-32(39)26-20(3)21(4)41-30(26)37-33(38)42-31-27-24(22-9-6-5-7-10-22)17-40-29(27)35-28(36-31)23-11-8-14-34-16-23/h5-17H,1-4H3. The van der Waals surface area contributed by atoms with E-state index in [9.17, 15) is 4.79 Å². The normalized spacial score (nSPS) is 11.5. The summed E-state index contributed by atoms with van der Waals surface area (Å²) in [6.45, 7) is 8.12. The van der Waals surface area contributed by atoms with E-state index < -0.39 is 0 Å². The largest absolute Gasteiger partial charge is 0.268 e. The first-order valence-corrected chi connectivity index (χ1v) is 15.9. The molecule has 206 valence electrons. The van der Waals surface area contributed by atoms with Crippen LogP contribution in [0, 0.1) is 27.7 Å². The van der Waals surface area contributed by atoms with Crippen LogP contribution < -0.4 is 5.56 Å². The van der Waals surface area contributed by atoms with Gasteiger partial charge >= 0.3 is 0 Å². The van der Waals surface area contributed by atoms with E-state index in [4.69, 9.17) is 15.0 Å². The fraction of sp³-hybridized carbons (Fsp3) is 0.121. The highest BCUT2D eigenvalue weighted by atomic mass is 32.2. The molecule has 5 heterocycles. The third kappa shape index (κ3) is 4.54. The van der Waals surface area contributed by atoms with Crippen molar-refractivity contribution in [2.45, 2.75) is 37.9 Å². The highest BCUT2D eigenvalue weighted by Crippen LogP contribution is 2.42. The van der Waals surface area contributed by atoms with Gasteiger partial charge < -0.3 is 0 Å². The summed E-state index contributed by atoms with van der Waals surface area (Å²) in [7, 11) is 0. The minimum absolute atomic E-state index is 0.0653. The van der Waals surface area contributed by atoms with E-state index in [0.717, 1.165) is 64.0 Å². The minimum Gasteiger partial charge on any atom is -0.268 e. The first kappa shape index (κ1) is 26.7. The molecule has 9 heteroatoms. The topological polar surface area (TPSA) is 73.6 Å². The van der Waals surface area contributed by atoms with E-state index in [0.29, 0.717) is 16.4 Å². The maximum Gasteiger partial charge on any atom is 0.267 e. The Labute approximate surface area is 254 Å². The highest BCUT2D eigenvalue weighted by Gasteiger charge is 2.23. The maximum absolute atomic E-state index is 14.3. The Balaban J connectivity index is 1.53. The molecular formula is C33H25N5OS3. The lowest BCUT2D eigenvalue weighted by atomic mass is 10.1. The average molecular weight is 604 g/mol. The van der Waals surface area contributed by atoms with Crippen molar-refractivity contribution in [2.75, 3.05) is 0 Å². The Kier molecular flexibility index (Phi) is 6.73. The number of aryl methyl sites for hydroxylation is 4. The van der Waals surface area contributed by atoms with Crippen molar-refractivity contribution in [1.29, 1.82) is 0 Å². The van der Waals surface area contributed by atoms with Crippen LogP contribution in [0.1, 0.15) is 21.6 Å². The van der Waals surface area contributed by atoms with Crippen LogP contribution in [0.15, 0.2) is 93.4 Å². The number of fused-ring (bicyclic) bond motifs is 2. The van der Waals surface area contributed by atoms with Crippen LogP contribution in [0.5, 0.6) is 0 Å². The van der Waals surface area contributed by atoms with E-state index in [1.54, 1.807) is 39.6 Å². The van der Waals surface area contributed by atoms with Gasteiger partial charge in [-0.25, -0.2) is 15.0 Å². The molecular weight excluding hydrogens is 579 g/mol. The van der Waals surface area contributed by atoms with Gasteiger partial charge in [0, 0.05) is 33.8 Å². The molecule has 0 atom stereocenters. The van der Waals surface area contributed by atoms with Gasteiger partial charge in [-0.15, -0.1) is 22.7 Å². The zero-order valence-electron chi connectivity index (χ0n) is 23.4. The number of hydrogen-bond donors (Lipinski definition) is 0.